The monoisotopic (exact) mass is 256 g/mol. The van der Waals surface area contributed by atoms with E-state index < -0.39 is 11.1 Å². The van der Waals surface area contributed by atoms with Gasteiger partial charge in [0.25, 0.3) is 0 Å². The van der Waals surface area contributed by atoms with Crippen LogP contribution in [0.25, 0.3) is 10.1 Å². The molecule has 1 aromatic carbocycles. The number of hydrogen-bond donors (Lipinski definition) is 1. The van der Waals surface area contributed by atoms with Crippen LogP contribution in [0.1, 0.15) is 11.1 Å². The van der Waals surface area contributed by atoms with Gasteiger partial charge in [0.2, 0.25) is 0 Å². The van der Waals surface area contributed by atoms with E-state index in [9.17, 15) is 8.76 Å². The lowest BCUT2D eigenvalue weighted by Crippen LogP contribution is -1.87. The van der Waals surface area contributed by atoms with Crippen LogP contribution < -0.4 is 4.74 Å². The molecule has 1 heterocycles. The summed E-state index contributed by atoms with van der Waals surface area (Å²) in [6.45, 7) is 3.86. The first-order valence-electron chi connectivity index (χ1n) is 4.73. The number of fused-ring (bicyclic) bond motifs is 1. The second-order valence-corrected chi connectivity index (χ2v) is 5.74. The third-order valence-electron chi connectivity index (χ3n) is 2.58. The fourth-order valence-electron chi connectivity index (χ4n) is 1.83. The minimum absolute atomic E-state index is 0.502. The highest BCUT2D eigenvalue weighted by atomic mass is 32.2. The van der Waals surface area contributed by atoms with Crippen LogP contribution in [0.2, 0.25) is 0 Å². The van der Waals surface area contributed by atoms with E-state index in [2.05, 4.69) is 0 Å². The van der Waals surface area contributed by atoms with Crippen molar-refractivity contribution in [1.29, 1.82) is 0 Å². The van der Waals surface area contributed by atoms with Gasteiger partial charge in [-0.3, -0.25) is 0 Å². The maximum Gasteiger partial charge on any atom is 0.197 e. The van der Waals surface area contributed by atoms with Gasteiger partial charge in [0.1, 0.15) is 9.96 Å². The highest BCUT2D eigenvalue weighted by Crippen LogP contribution is 2.40. The lowest BCUT2D eigenvalue weighted by Gasteiger charge is -2.03. The molecule has 3 nitrogen and oxygen atoms in total. The Balaban J connectivity index is 2.89. The van der Waals surface area contributed by atoms with Gasteiger partial charge in [-0.25, -0.2) is 4.21 Å². The van der Waals surface area contributed by atoms with Gasteiger partial charge in [-0.1, -0.05) is 6.07 Å². The third kappa shape index (κ3) is 1.65. The van der Waals surface area contributed by atoms with Gasteiger partial charge in [0, 0.05) is 5.39 Å². The van der Waals surface area contributed by atoms with Crippen LogP contribution in [0.5, 0.6) is 5.75 Å². The van der Waals surface area contributed by atoms with E-state index in [-0.39, 0.29) is 0 Å². The fraction of sp³-hybridized carbons (Fsp3) is 0.273. The van der Waals surface area contributed by atoms with Crippen LogP contribution in [-0.2, 0) is 11.1 Å². The Labute approximate surface area is 100 Å². The molecule has 0 spiro atoms. The smallest absolute Gasteiger partial charge is 0.197 e. The average Bonchev–Trinajstić information content (AvgIpc) is 2.58. The number of ether oxygens (including phenoxy) is 1. The first-order valence-corrected chi connectivity index (χ1v) is 6.66. The molecule has 16 heavy (non-hydrogen) atoms. The Morgan fingerprint density at radius 3 is 2.62 bits per heavy atom. The van der Waals surface area contributed by atoms with E-state index in [1.54, 1.807) is 7.11 Å². The summed E-state index contributed by atoms with van der Waals surface area (Å²) in [7, 11) is 1.61. The summed E-state index contributed by atoms with van der Waals surface area (Å²) in [6, 6.07) is 3.85. The van der Waals surface area contributed by atoms with Crippen molar-refractivity contribution >= 4 is 32.5 Å². The van der Waals surface area contributed by atoms with Gasteiger partial charge >= 0.3 is 0 Å². The molecule has 1 unspecified atom stereocenters. The van der Waals surface area contributed by atoms with Crippen molar-refractivity contribution in [2.75, 3.05) is 7.11 Å². The van der Waals surface area contributed by atoms with E-state index in [0.717, 1.165) is 27.0 Å². The number of benzene rings is 1. The summed E-state index contributed by atoms with van der Waals surface area (Å²) in [4.78, 5) is 0. The molecule has 1 N–H and O–H groups in total. The predicted molar refractivity (Wildman–Crippen MR) is 66.9 cm³/mol. The molecule has 5 heteroatoms. The molecule has 0 fully saturated rings. The molecule has 0 saturated heterocycles. The largest absolute Gasteiger partial charge is 0.495 e. The molecule has 86 valence electrons. The zero-order chi connectivity index (χ0) is 11.9. The quantitative estimate of drug-likeness (QED) is 0.840. The van der Waals surface area contributed by atoms with Gasteiger partial charge < -0.3 is 9.29 Å². The number of hydrogen-bond acceptors (Lipinski definition) is 3. The maximum atomic E-state index is 11.2. The Morgan fingerprint density at radius 2 is 2.06 bits per heavy atom. The predicted octanol–water partition coefficient (Wildman–Crippen LogP) is 3.11. The molecular formula is C11H12O3S2. The molecule has 0 aliphatic heterocycles. The molecule has 0 amide bonds. The standard InChI is InChI=1S/C11H12O3S2/c1-6-4-5-8(14-3)10-9(6)7(2)11(15-10)16(12)13/h4-5H,1-3H3,(H,12,13). The Bertz CT molecular complexity index is 572. The summed E-state index contributed by atoms with van der Waals surface area (Å²) in [5.74, 6) is 0.755. The van der Waals surface area contributed by atoms with Crippen LogP contribution in [0.15, 0.2) is 16.3 Å². The van der Waals surface area contributed by atoms with Crippen molar-refractivity contribution < 1.29 is 13.5 Å². The molecule has 0 bridgehead atoms. The van der Waals surface area contributed by atoms with E-state index in [0.29, 0.717) is 4.21 Å². The molecule has 1 aromatic heterocycles. The number of aryl methyl sites for hydroxylation is 2. The van der Waals surface area contributed by atoms with Crippen molar-refractivity contribution in [2.45, 2.75) is 18.1 Å². The van der Waals surface area contributed by atoms with Crippen LogP contribution in [0.4, 0.5) is 0 Å². The maximum absolute atomic E-state index is 11.2. The molecule has 0 saturated carbocycles. The molecule has 0 aliphatic carbocycles. The van der Waals surface area contributed by atoms with Crippen molar-refractivity contribution in [3.8, 4) is 5.75 Å². The first kappa shape index (κ1) is 11.6. The highest BCUT2D eigenvalue weighted by Gasteiger charge is 2.17. The van der Waals surface area contributed by atoms with Gasteiger partial charge in [0.05, 0.1) is 11.8 Å². The summed E-state index contributed by atoms with van der Waals surface area (Å²) in [5.41, 5.74) is 1.97. The van der Waals surface area contributed by atoms with Gasteiger partial charge in [-0.2, -0.15) is 0 Å². The fourth-order valence-corrected chi connectivity index (χ4v) is 3.84. The molecule has 2 rings (SSSR count). The number of thiophene rings is 1. The molecule has 0 radical (unpaired) electrons. The van der Waals surface area contributed by atoms with Crippen molar-refractivity contribution in [3.05, 3.63) is 23.3 Å². The van der Waals surface area contributed by atoms with Gasteiger partial charge in [-0.15, -0.1) is 11.3 Å². The van der Waals surface area contributed by atoms with Gasteiger partial charge in [-0.05, 0) is 31.0 Å². The summed E-state index contributed by atoms with van der Waals surface area (Å²) >= 11 is -0.607. The summed E-state index contributed by atoms with van der Waals surface area (Å²) < 4.78 is 27.1. The minimum Gasteiger partial charge on any atom is -0.495 e. The Kier molecular flexibility index (Phi) is 3.01. The SMILES string of the molecule is COc1ccc(C)c2c(C)c(S(=O)O)sc12. The Morgan fingerprint density at radius 1 is 1.38 bits per heavy atom. The molecule has 0 aliphatic rings. The second kappa shape index (κ2) is 4.16. The molecular weight excluding hydrogens is 244 g/mol. The van der Waals surface area contributed by atoms with E-state index in [4.69, 9.17) is 4.74 Å². The normalized spacial score (nSPS) is 13.0. The van der Waals surface area contributed by atoms with Gasteiger partial charge in [0.15, 0.2) is 11.1 Å². The lowest BCUT2D eigenvalue weighted by atomic mass is 10.1. The van der Waals surface area contributed by atoms with E-state index in [1.165, 1.54) is 11.3 Å². The van der Waals surface area contributed by atoms with Crippen molar-refractivity contribution in [3.63, 3.8) is 0 Å². The number of rotatable bonds is 2. The van der Waals surface area contributed by atoms with E-state index >= 15 is 0 Å². The van der Waals surface area contributed by atoms with Crippen LogP contribution >= 0.6 is 11.3 Å². The zero-order valence-electron chi connectivity index (χ0n) is 9.23. The zero-order valence-corrected chi connectivity index (χ0v) is 10.9. The van der Waals surface area contributed by atoms with Crippen LogP contribution in [-0.4, -0.2) is 15.9 Å². The van der Waals surface area contributed by atoms with Crippen molar-refractivity contribution in [2.24, 2.45) is 0 Å². The third-order valence-corrected chi connectivity index (χ3v) is 4.99. The Hall–Kier alpha value is -0.910. The topological polar surface area (TPSA) is 46.5 Å². The van der Waals surface area contributed by atoms with Crippen molar-refractivity contribution in [1.82, 2.24) is 0 Å². The second-order valence-electron chi connectivity index (χ2n) is 3.55. The first-order chi connectivity index (χ1) is 7.56. The van der Waals surface area contributed by atoms with Crippen LogP contribution in [0, 0.1) is 13.8 Å². The molecule has 1 atom stereocenters. The minimum atomic E-state index is -1.93. The van der Waals surface area contributed by atoms with Crippen LogP contribution in [0.3, 0.4) is 0 Å². The highest BCUT2D eigenvalue weighted by molar-refractivity contribution is 7.82. The summed E-state index contributed by atoms with van der Waals surface area (Å²) in [6.07, 6.45) is 0. The number of methoxy groups -OCH3 is 1. The summed E-state index contributed by atoms with van der Waals surface area (Å²) in [5, 5.41) is 1.03. The average molecular weight is 256 g/mol. The molecule has 2 aromatic rings. The lowest BCUT2D eigenvalue weighted by molar-refractivity contribution is 0.420. The van der Waals surface area contributed by atoms with E-state index in [1.807, 2.05) is 26.0 Å².